The minimum absolute atomic E-state index is 0.0934. The Morgan fingerprint density at radius 3 is 2.48 bits per heavy atom. The Balaban J connectivity index is 1.43. The molecule has 160 valence electrons. The zero-order chi connectivity index (χ0) is 22.4. The van der Waals surface area contributed by atoms with E-state index in [2.05, 4.69) is 20.9 Å². The number of aromatic amines is 1. The van der Waals surface area contributed by atoms with Crippen LogP contribution in [-0.4, -0.2) is 42.3 Å². The SMILES string of the molecule is Cc1ccc(C(=O)NCCNC(=O)CNC(=O)c2c[nH]c3ccccc3c2=O)cc1F. The molecule has 0 bridgehead atoms. The molecule has 0 atom stereocenters. The molecule has 0 aliphatic rings. The van der Waals surface area contributed by atoms with Crippen LogP contribution >= 0.6 is 0 Å². The molecule has 8 nitrogen and oxygen atoms in total. The van der Waals surface area contributed by atoms with Crippen molar-refractivity contribution in [3.63, 3.8) is 0 Å². The molecule has 3 amide bonds. The predicted octanol–water partition coefficient (Wildman–Crippen LogP) is 1.25. The van der Waals surface area contributed by atoms with Gasteiger partial charge in [0.25, 0.3) is 11.8 Å². The highest BCUT2D eigenvalue weighted by molar-refractivity contribution is 5.98. The van der Waals surface area contributed by atoms with Crippen LogP contribution in [0.4, 0.5) is 4.39 Å². The molecule has 4 N–H and O–H groups in total. The smallest absolute Gasteiger partial charge is 0.257 e. The molecule has 0 radical (unpaired) electrons. The quantitative estimate of drug-likeness (QED) is 0.427. The van der Waals surface area contributed by atoms with Gasteiger partial charge in [-0.05, 0) is 36.8 Å². The zero-order valence-electron chi connectivity index (χ0n) is 16.8. The summed E-state index contributed by atoms with van der Waals surface area (Å²) in [7, 11) is 0. The summed E-state index contributed by atoms with van der Waals surface area (Å²) >= 11 is 0. The standard InChI is InChI=1S/C22H21FN4O4/c1-13-6-7-14(10-17(13)23)21(30)25-9-8-24-19(28)12-27-22(31)16-11-26-18-5-3-2-4-15(18)20(16)29/h2-7,10-11H,8-9,12H2,1H3,(H,24,28)(H,25,30)(H,26,29)(H,27,31). The van der Waals surface area contributed by atoms with Gasteiger partial charge in [-0.25, -0.2) is 4.39 Å². The molecule has 0 saturated heterocycles. The van der Waals surface area contributed by atoms with Gasteiger partial charge in [0.15, 0.2) is 0 Å². The minimum Gasteiger partial charge on any atom is -0.360 e. The van der Waals surface area contributed by atoms with Gasteiger partial charge in [0.05, 0.1) is 6.54 Å². The highest BCUT2D eigenvalue weighted by Crippen LogP contribution is 2.09. The number of carbonyl (C=O) groups excluding carboxylic acids is 3. The molecule has 0 spiro atoms. The van der Waals surface area contributed by atoms with Gasteiger partial charge < -0.3 is 20.9 Å². The monoisotopic (exact) mass is 424 g/mol. The number of fused-ring (bicyclic) bond motifs is 1. The van der Waals surface area contributed by atoms with Gasteiger partial charge in [0, 0.05) is 35.8 Å². The number of benzene rings is 2. The molecule has 0 aliphatic heterocycles. The maximum Gasteiger partial charge on any atom is 0.257 e. The second-order valence-electron chi connectivity index (χ2n) is 6.83. The number of para-hydroxylation sites is 1. The summed E-state index contributed by atoms with van der Waals surface area (Å²) in [5, 5.41) is 7.87. The molecule has 3 aromatic rings. The van der Waals surface area contributed by atoms with Crippen molar-refractivity contribution in [2.45, 2.75) is 6.92 Å². The van der Waals surface area contributed by atoms with E-state index in [1.165, 1.54) is 18.3 Å². The van der Waals surface area contributed by atoms with E-state index in [9.17, 15) is 23.6 Å². The van der Waals surface area contributed by atoms with Crippen molar-refractivity contribution in [3.8, 4) is 0 Å². The van der Waals surface area contributed by atoms with Gasteiger partial charge in [0.2, 0.25) is 11.3 Å². The summed E-state index contributed by atoms with van der Waals surface area (Å²) < 4.78 is 13.5. The van der Waals surface area contributed by atoms with Gasteiger partial charge in [-0.2, -0.15) is 0 Å². The average Bonchev–Trinajstić information content (AvgIpc) is 2.77. The molecule has 3 rings (SSSR count). The lowest BCUT2D eigenvalue weighted by molar-refractivity contribution is -0.120. The Bertz CT molecular complexity index is 1210. The van der Waals surface area contributed by atoms with Crippen LogP contribution in [0.2, 0.25) is 0 Å². The lowest BCUT2D eigenvalue weighted by atomic mass is 10.1. The Hall–Kier alpha value is -4.01. The molecule has 31 heavy (non-hydrogen) atoms. The van der Waals surface area contributed by atoms with Crippen LogP contribution < -0.4 is 21.4 Å². The third-order valence-corrected chi connectivity index (χ3v) is 4.61. The fourth-order valence-electron chi connectivity index (χ4n) is 2.87. The van der Waals surface area contributed by atoms with E-state index >= 15 is 0 Å². The highest BCUT2D eigenvalue weighted by Gasteiger charge is 2.14. The van der Waals surface area contributed by atoms with Gasteiger partial charge >= 0.3 is 0 Å². The molecule has 2 aromatic carbocycles. The lowest BCUT2D eigenvalue weighted by Crippen LogP contribution is -2.41. The van der Waals surface area contributed by atoms with E-state index in [4.69, 9.17) is 0 Å². The third-order valence-electron chi connectivity index (χ3n) is 4.61. The molecule has 0 saturated carbocycles. The van der Waals surface area contributed by atoms with E-state index in [0.29, 0.717) is 16.5 Å². The second-order valence-corrected chi connectivity index (χ2v) is 6.83. The fraction of sp³-hybridized carbons (Fsp3) is 0.182. The Morgan fingerprint density at radius 2 is 1.71 bits per heavy atom. The van der Waals surface area contributed by atoms with Crippen LogP contribution in [0.1, 0.15) is 26.3 Å². The zero-order valence-corrected chi connectivity index (χ0v) is 16.8. The molecule has 0 fully saturated rings. The maximum atomic E-state index is 13.5. The molecule has 0 unspecified atom stereocenters. The first-order valence-electron chi connectivity index (χ1n) is 9.56. The average molecular weight is 424 g/mol. The van der Waals surface area contributed by atoms with E-state index in [0.717, 1.165) is 6.07 Å². The number of hydrogen-bond acceptors (Lipinski definition) is 4. The van der Waals surface area contributed by atoms with Crippen molar-refractivity contribution in [2.24, 2.45) is 0 Å². The van der Waals surface area contributed by atoms with Crippen LogP contribution in [0, 0.1) is 12.7 Å². The highest BCUT2D eigenvalue weighted by atomic mass is 19.1. The number of aryl methyl sites for hydroxylation is 1. The van der Waals surface area contributed by atoms with Crippen molar-refractivity contribution < 1.29 is 18.8 Å². The van der Waals surface area contributed by atoms with Crippen LogP contribution in [0.5, 0.6) is 0 Å². The van der Waals surface area contributed by atoms with Gasteiger partial charge in [-0.3, -0.25) is 19.2 Å². The normalized spacial score (nSPS) is 10.5. The third kappa shape index (κ3) is 5.33. The minimum atomic E-state index is -0.670. The number of aromatic nitrogens is 1. The van der Waals surface area contributed by atoms with Crippen LogP contribution in [0.15, 0.2) is 53.5 Å². The summed E-state index contributed by atoms with van der Waals surface area (Å²) in [4.78, 5) is 51.4. The summed E-state index contributed by atoms with van der Waals surface area (Å²) in [6, 6.07) is 11.0. The van der Waals surface area contributed by atoms with Gasteiger partial charge in [-0.15, -0.1) is 0 Å². The Labute approximate surface area is 176 Å². The molecular formula is C22H21FN4O4. The number of halogens is 1. The van der Waals surface area contributed by atoms with Crippen molar-refractivity contribution in [1.29, 1.82) is 0 Å². The first-order chi connectivity index (χ1) is 14.9. The summed E-state index contributed by atoms with van der Waals surface area (Å²) in [6.07, 6.45) is 1.31. The molecule has 1 heterocycles. The maximum absolute atomic E-state index is 13.5. The number of nitrogens with one attached hydrogen (secondary N) is 4. The van der Waals surface area contributed by atoms with Crippen LogP contribution in [0.3, 0.4) is 0 Å². The topological polar surface area (TPSA) is 120 Å². The largest absolute Gasteiger partial charge is 0.360 e. The number of hydrogen-bond donors (Lipinski definition) is 4. The summed E-state index contributed by atoms with van der Waals surface area (Å²) in [5.41, 5.74) is 0.711. The predicted molar refractivity (Wildman–Crippen MR) is 113 cm³/mol. The van der Waals surface area contributed by atoms with Gasteiger partial charge in [0.1, 0.15) is 11.4 Å². The summed E-state index contributed by atoms with van der Waals surface area (Å²) in [6.45, 7) is 1.51. The molecule has 9 heteroatoms. The first kappa shape index (κ1) is 21.7. The second kappa shape index (κ2) is 9.66. The molecule has 1 aromatic heterocycles. The molecule has 0 aliphatic carbocycles. The first-order valence-corrected chi connectivity index (χ1v) is 9.56. The van der Waals surface area contributed by atoms with Crippen LogP contribution in [0.25, 0.3) is 10.9 Å². The molecular weight excluding hydrogens is 403 g/mol. The number of pyridine rings is 1. The van der Waals surface area contributed by atoms with E-state index in [-0.39, 0.29) is 30.8 Å². The van der Waals surface area contributed by atoms with E-state index < -0.39 is 29.0 Å². The number of rotatable bonds is 7. The van der Waals surface area contributed by atoms with Crippen molar-refractivity contribution in [2.75, 3.05) is 19.6 Å². The van der Waals surface area contributed by atoms with Gasteiger partial charge in [-0.1, -0.05) is 18.2 Å². The van der Waals surface area contributed by atoms with Crippen molar-refractivity contribution >= 4 is 28.6 Å². The van der Waals surface area contributed by atoms with E-state index in [1.807, 2.05) is 0 Å². The summed E-state index contributed by atoms with van der Waals surface area (Å²) in [5.74, 6) is -2.09. The van der Waals surface area contributed by atoms with E-state index in [1.54, 1.807) is 31.2 Å². The number of carbonyl (C=O) groups is 3. The Morgan fingerprint density at radius 1 is 0.968 bits per heavy atom. The van der Waals surface area contributed by atoms with Crippen molar-refractivity contribution in [3.05, 3.63) is 81.4 Å². The Kier molecular flexibility index (Phi) is 6.76. The fourth-order valence-corrected chi connectivity index (χ4v) is 2.87. The number of amides is 3. The van der Waals surface area contributed by atoms with Crippen LogP contribution in [-0.2, 0) is 4.79 Å². The number of H-pyrrole nitrogens is 1. The lowest BCUT2D eigenvalue weighted by Gasteiger charge is -2.09. The van der Waals surface area contributed by atoms with Crippen molar-refractivity contribution in [1.82, 2.24) is 20.9 Å².